The van der Waals surface area contributed by atoms with Crippen LogP contribution in [0.5, 0.6) is 0 Å². The fraction of sp³-hybridized carbons (Fsp3) is 0.455. The lowest BCUT2D eigenvalue weighted by Gasteiger charge is -2.06. The van der Waals surface area contributed by atoms with Gasteiger partial charge < -0.3 is 9.84 Å². The summed E-state index contributed by atoms with van der Waals surface area (Å²) in [5, 5.41) is 9.20. The number of rotatable bonds is 4. The molecule has 0 saturated heterocycles. The molecule has 0 saturated carbocycles. The van der Waals surface area contributed by atoms with E-state index in [9.17, 15) is 5.11 Å². The zero-order valence-corrected chi connectivity index (χ0v) is 8.16. The number of aliphatic hydroxyl groups excluding tert-OH is 1. The van der Waals surface area contributed by atoms with Crippen molar-refractivity contribution in [3.05, 3.63) is 35.4 Å². The maximum atomic E-state index is 9.20. The Morgan fingerprint density at radius 2 is 2.08 bits per heavy atom. The molecule has 0 aliphatic heterocycles. The quantitative estimate of drug-likeness (QED) is 0.765. The average Bonchev–Trinajstić information content (AvgIpc) is 2.04. The van der Waals surface area contributed by atoms with Gasteiger partial charge in [0.05, 0.1) is 12.7 Å². The fourth-order valence-corrected chi connectivity index (χ4v) is 1.35. The molecule has 0 aliphatic rings. The van der Waals surface area contributed by atoms with Crippen molar-refractivity contribution in [3.63, 3.8) is 0 Å². The van der Waals surface area contributed by atoms with Gasteiger partial charge in [0, 0.05) is 7.11 Å². The summed E-state index contributed by atoms with van der Waals surface area (Å²) in [7, 11) is 1.68. The predicted molar refractivity (Wildman–Crippen MR) is 52.5 cm³/mol. The van der Waals surface area contributed by atoms with Crippen LogP contribution < -0.4 is 0 Å². The molecule has 1 N–H and O–H groups in total. The van der Waals surface area contributed by atoms with Gasteiger partial charge in [-0.25, -0.2) is 0 Å². The summed E-state index contributed by atoms with van der Waals surface area (Å²) < 4.78 is 5.03. The summed E-state index contributed by atoms with van der Waals surface area (Å²) in [6, 6.07) is 8.10. The van der Waals surface area contributed by atoms with Gasteiger partial charge in [-0.2, -0.15) is 0 Å². The molecule has 0 aliphatic carbocycles. The third kappa shape index (κ3) is 3.57. The molecule has 0 spiro atoms. The first-order chi connectivity index (χ1) is 6.22. The zero-order chi connectivity index (χ0) is 9.68. The van der Waals surface area contributed by atoms with Crippen LogP contribution in [-0.4, -0.2) is 18.3 Å². The molecule has 1 rings (SSSR count). The van der Waals surface area contributed by atoms with Crippen molar-refractivity contribution in [2.24, 2.45) is 0 Å². The van der Waals surface area contributed by atoms with Crippen molar-refractivity contribution in [1.82, 2.24) is 0 Å². The third-order valence-electron chi connectivity index (χ3n) is 1.83. The van der Waals surface area contributed by atoms with Crippen LogP contribution in [0.1, 0.15) is 18.1 Å². The molecule has 0 heterocycles. The maximum Gasteiger partial charge on any atom is 0.0713 e. The van der Waals surface area contributed by atoms with E-state index in [-0.39, 0.29) is 6.10 Å². The highest BCUT2D eigenvalue weighted by molar-refractivity contribution is 5.23. The van der Waals surface area contributed by atoms with Crippen LogP contribution in [0.2, 0.25) is 0 Å². The van der Waals surface area contributed by atoms with Gasteiger partial charge in [0.2, 0.25) is 0 Å². The van der Waals surface area contributed by atoms with Gasteiger partial charge in [0.15, 0.2) is 0 Å². The van der Waals surface area contributed by atoms with Gasteiger partial charge in [-0.15, -0.1) is 0 Å². The SMILES string of the molecule is COCc1cccc(C[C@@H](C)O)c1. The van der Waals surface area contributed by atoms with Crippen molar-refractivity contribution >= 4 is 0 Å². The fourth-order valence-electron chi connectivity index (χ4n) is 1.35. The summed E-state index contributed by atoms with van der Waals surface area (Å²) in [5.41, 5.74) is 2.31. The molecule has 0 unspecified atom stereocenters. The van der Waals surface area contributed by atoms with Crippen molar-refractivity contribution in [3.8, 4) is 0 Å². The molecular weight excluding hydrogens is 164 g/mol. The van der Waals surface area contributed by atoms with Gasteiger partial charge in [-0.05, 0) is 24.5 Å². The highest BCUT2D eigenvalue weighted by Gasteiger charge is 1.99. The van der Waals surface area contributed by atoms with Crippen LogP contribution in [0.25, 0.3) is 0 Å². The Morgan fingerprint density at radius 3 is 2.69 bits per heavy atom. The molecule has 13 heavy (non-hydrogen) atoms. The lowest BCUT2D eigenvalue weighted by molar-refractivity contribution is 0.184. The summed E-state index contributed by atoms with van der Waals surface area (Å²) in [6.07, 6.45) is 0.426. The zero-order valence-electron chi connectivity index (χ0n) is 8.16. The molecule has 1 aromatic carbocycles. The Balaban J connectivity index is 2.67. The summed E-state index contributed by atoms with van der Waals surface area (Å²) in [5.74, 6) is 0. The Hall–Kier alpha value is -0.860. The minimum absolute atomic E-state index is 0.280. The van der Waals surface area contributed by atoms with Gasteiger partial charge in [-0.1, -0.05) is 24.3 Å². The highest BCUT2D eigenvalue weighted by Crippen LogP contribution is 2.08. The van der Waals surface area contributed by atoms with Crippen LogP contribution in [0, 0.1) is 0 Å². The molecule has 0 radical (unpaired) electrons. The van der Waals surface area contributed by atoms with Gasteiger partial charge >= 0.3 is 0 Å². The standard InChI is InChI=1S/C11H16O2/c1-9(12)6-10-4-3-5-11(7-10)8-13-2/h3-5,7,9,12H,6,8H2,1-2H3/t9-/m1/s1. The van der Waals surface area contributed by atoms with E-state index < -0.39 is 0 Å². The lowest BCUT2D eigenvalue weighted by Crippen LogP contribution is -2.04. The number of hydrogen-bond donors (Lipinski definition) is 1. The molecule has 2 nitrogen and oxygen atoms in total. The number of ether oxygens (including phenoxy) is 1. The molecule has 72 valence electrons. The van der Waals surface area contributed by atoms with Crippen molar-refractivity contribution in [2.45, 2.75) is 26.1 Å². The van der Waals surface area contributed by atoms with E-state index in [1.807, 2.05) is 18.2 Å². The van der Waals surface area contributed by atoms with E-state index in [1.54, 1.807) is 14.0 Å². The monoisotopic (exact) mass is 180 g/mol. The van der Waals surface area contributed by atoms with Crippen LogP contribution in [0.15, 0.2) is 24.3 Å². The summed E-state index contributed by atoms with van der Waals surface area (Å²) in [4.78, 5) is 0. The van der Waals surface area contributed by atoms with E-state index in [0.717, 1.165) is 11.1 Å². The smallest absolute Gasteiger partial charge is 0.0713 e. The van der Waals surface area contributed by atoms with Crippen molar-refractivity contribution in [2.75, 3.05) is 7.11 Å². The van der Waals surface area contributed by atoms with E-state index in [1.165, 1.54) is 0 Å². The molecule has 1 aromatic rings. The van der Waals surface area contributed by atoms with Crippen LogP contribution in [0.4, 0.5) is 0 Å². The van der Waals surface area contributed by atoms with E-state index >= 15 is 0 Å². The Morgan fingerprint density at radius 1 is 1.38 bits per heavy atom. The maximum absolute atomic E-state index is 9.20. The highest BCUT2D eigenvalue weighted by atomic mass is 16.5. The molecule has 2 heteroatoms. The Bertz CT molecular complexity index is 256. The van der Waals surface area contributed by atoms with E-state index in [4.69, 9.17) is 4.74 Å². The molecular formula is C11H16O2. The van der Waals surface area contributed by atoms with E-state index in [2.05, 4.69) is 6.07 Å². The van der Waals surface area contributed by atoms with Gasteiger partial charge in [0.25, 0.3) is 0 Å². The minimum Gasteiger partial charge on any atom is -0.393 e. The Labute approximate surface area is 79.2 Å². The van der Waals surface area contributed by atoms with Gasteiger partial charge in [0.1, 0.15) is 0 Å². The van der Waals surface area contributed by atoms with Gasteiger partial charge in [-0.3, -0.25) is 0 Å². The number of benzene rings is 1. The molecule has 0 fully saturated rings. The third-order valence-corrected chi connectivity index (χ3v) is 1.83. The molecule has 0 aromatic heterocycles. The van der Waals surface area contributed by atoms with Crippen molar-refractivity contribution in [1.29, 1.82) is 0 Å². The second-order valence-electron chi connectivity index (χ2n) is 3.31. The summed E-state index contributed by atoms with van der Waals surface area (Å²) in [6.45, 7) is 2.43. The first-order valence-corrected chi connectivity index (χ1v) is 4.47. The molecule has 0 amide bonds. The lowest BCUT2D eigenvalue weighted by atomic mass is 10.1. The number of hydrogen-bond acceptors (Lipinski definition) is 2. The number of methoxy groups -OCH3 is 1. The Kier molecular flexibility index (Phi) is 3.93. The van der Waals surface area contributed by atoms with Crippen molar-refractivity contribution < 1.29 is 9.84 Å². The second kappa shape index (κ2) is 5.00. The van der Waals surface area contributed by atoms with E-state index in [0.29, 0.717) is 13.0 Å². The topological polar surface area (TPSA) is 29.5 Å². The number of aliphatic hydroxyl groups is 1. The van der Waals surface area contributed by atoms with Crippen LogP contribution in [0.3, 0.4) is 0 Å². The predicted octanol–water partition coefficient (Wildman–Crippen LogP) is 1.76. The second-order valence-corrected chi connectivity index (χ2v) is 3.31. The normalized spacial score (nSPS) is 12.8. The minimum atomic E-state index is -0.280. The largest absolute Gasteiger partial charge is 0.393 e. The molecule has 1 atom stereocenters. The average molecular weight is 180 g/mol. The van der Waals surface area contributed by atoms with Crippen LogP contribution >= 0.6 is 0 Å². The first kappa shape index (κ1) is 10.2. The summed E-state index contributed by atoms with van der Waals surface area (Å²) >= 11 is 0. The molecule has 0 bridgehead atoms. The van der Waals surface area contributed by atoms with Crippen LogP contribution in [-0.2, 0) is 17.8 Å². The first-order valence-electron chi connectivity index (χ1n) is 4.47.